The quantitative estimate of drug-likeness (QED) is 0.588. The fourth-order valence-corrected chi connectivity index (χ4v) is 2.94. The third kappa shape index (κ3) is 5.53. The number of nitrogens with one attached hydrogen (secondary N) is 1. The van der Waals surface area contributed by atoms with Crippen LogP contribution in [0, 0.1) is 5.82 Å². The molecule has 148 valence electrons. The normalized spacial score (nSPS) is 14.3. The topological polar surface area (TPSA) is 63.2 Å². The summed E-state index contributed by atoms with van der Waals surface area (Å²) in [5, 5.41) is 3.92. The van der Waals surface area contributed by atoms with Gasteiger partial charge < -0.3 is 14.4 Å². The van der Waals surface area contributed by atoms with E-state index in [-0.39, 0.29) is 18.1 Å². The predicted octanol–water partition coefficient (Wildman–Crippen LogP) is 2.75. The van der Waals surface area contributed by atoms with Crippen molar-refractivity contribution in [1.29, 1.82) is 0 Å². The molecule has 1 aliphatic rings. The molecule has 1 heterocycles. The molecule has 0 radical (unpaired) electrons. The maximum absolute atomic E-state index is 14.4. The minimum absolute atomic E-state index is 0.202. The molecule has 0 bridgehead atoms. The number of carbonyl (C=O) groups is 1. The average Bonchev–Trinajstić information content (AvgIpc) is 2.70. The fourth-order valence-electron chi connectivity index (χ4n) is 2.94. The molecule has 0 spiro atoms. The Morgan fingerprint density at radius 3 is 2.68 bits per heavy atom. The molecular weight excluding hydrogens is 361 g/mol. The Labute approximate surface area is 163 Å². The highest BCUT2D eigenvalue weighted by Crippen LogP contribution is 2.21. The Hall–Kier alpha value is -2.93. The van der Waals surface area contributed by atoms with Crippen molar-refractivity contribution in [2.45, 2.75) is 13.3 Å². The summed E-state index contributed by atoms with van der Waals surface area (Å²) in [5.74, 6) is 0.213. The van der Waals surface area contributed by atoms with Crippen molar-refractivity contribution in [3.05, 3.63) is 59.4 Å². The van der Waals surface area contributed by atoms with Crippen molar-refractivity contribution in [1.82, 2.24) is 5.43 Å². The van der Waals surface area contributed by atoms with E-state index in [1.165, 1.54) is 12.3 Å². The van der Waals surface area contributed by atoms with Crippen LogP contribution >= 0.6 is 0 Å². The zero-order chi connectivity index (χ0) is 19.8. The van der Waals surface area contributed by atoms with Gasteiger partial charge in [0.1, 0.15) is 11.6 Å². The lowest BCUT2D eigenvalue weighted by Crippen LogP contribution is -2.36. The molecule has 6 nitrogen and oxygen atoms in total. The van der Waals surface area contributed by atoms with E-state index >= 15 is 0 Å². The second-order valence-corrected chi connectivity index (χ2v) is 6.36. The first kappa shape index (κ1) is 19.8. The van der Waals surface area contributed by atoms with Gasteiger partial charge in [0.05, 0.1) is 38.1 Å². The van der Waals surface area contributed by atoms with Crippen molar-refractivity contribution < 1.29 is 18.7 Å². The molecular formula is C21H24FN3O3. The van der Waals surface area contributed by atoms with Gasteiger partial charge in [0.15, 0.2) is 0 Å². The summed E-state index contributed by atoms with van der Waals surface area (Å²) in [5.41, 5.74) is 4.46. The van der Waals surface area contributed by atoms with Gasteiger partial charge in [-0.15, -0.1) is 0 Å². The number of amides is 1. The van der Waals surface area contributed by atoms with Gasteiger partial charge in [-0.05, 0) is 42.3 Å². The first-order valence-electron chi connectivity index (χ1n) is 9.31. The van der Waals surface area contributed by atoms with Crippen molar-refractivity contribution in [2.75, 3.05) is 37.8 Å². The minimum atomic E-state index is -0.313. The van der Waals surface area contributed by atoms with Crippen LogP contribution < -0.4 is 15.1 Å². The Morgan fingerprint density at radius 2 is 2.00 bits per heavy atom. The molecule has 1 amide bonds. The third-order valence-electron chi connectivity index (χ3n) is 4.33. The Morgan fingerprint density at radius 1 is 1.25 bits per heavy atom. The van der Waals surface area contributed by atoms with Crippen LogP contribution in [0.1, 0.15) is 18.1 Å². The van der Waals surface area contributed by atoms with E-state index in [0.29, 0.717) is 44.2 Å². The van der Waals surface area contributed by atoms with Crippen molar-refractivity contribution in [3.63, 3.8) is 0 Å². The fraction of sp³-hybridized carbons (Fsp3) is 0.333. The molecule has 0 aliphatic carbocycles. The van der Waals surface area contributed by atoms with Gasteiger partial charge in [-0.2, -0.15) is 5.10 Å². The number of hydrogen-bond donors (Lipinski definition) is 1. The summed E-state index contributed by atoms with van der Waals surface area (Å²) in [6.07, 6.45) is 1.64. The SMILES string of the molecule is CCOc1ccc(CC(=O)N/N=C\c2ccc(N3CCOCC3)c(F)c2)cc1. The van der Waals surface area contributed by atoms with Crippen LogP contribution in [-0.2, 0) is 16.0 Å². The highest BCUT2D eigenvalue weighted by atomic mass is 19.1. The Bertz CT molecular complexity index is 818. The number of halogens is 1. The van der Waals surface area contributed by atoms with Gasteiger partial charge in [0.2, 0.25) is 5.91 Å². The monoisotopic (exact) mass is 385 g/mol. The number of hydrazone groups is 1. The van der Waals surface area contributed by atoms with Crippen LogP contribution in [0.15, 0.2) is 47.6 Å². The van der Waals surface area contributed by atoms with Crippen molar-refractivity contribution in [3.8, 4) is 5.75 Å². The maximum atomic E-state index is 14.4. The molecule has 28 heavy (non-hydrogen) atoms. The Kier molecular flexibility index (Phi) is 6.97. The molecule has 2 aromatic rings. The maximum Gasteiger partial charge on any atom is 0.244 e. The van der Waals surface area contributed by atoms with Gasteiger partial charge in [0, 0.05) is 13.1 Å². The van der Waals surface area contributed by atoms with E-state index in [0.717, 1.165) is 11.3 Å². The van der Waals surface area contributed by atoms with E-state index in [2.05, 4.69) is 10.5 Å². The van der Waals surface area contributed by atoms with Gasteiger partial charge >= 0.3 is 0 Å². The molecule has 7 heteroatoms. The van der Waals surface area contributed by atoms with Crippen LogP contribution in [0.3, 0.4) is 0 Å². The van der Waals surface area contributed by atoms with Crippen LogP contribution in [0.2, 0.25) is 0 Å². The van der Waals surface area contributed by atoms with E-state index in [4.69, 9.17) is 9.47 Å². The van der Waals surface area contributed by atoms with E-state index < -0.39 is 0 Å². The zero-order valence-electron chi connectivity index (χ0n) is 15.9. The molecule has 0 atom stereocenters. The number of carbonyl (C=O) groups excluding carboxylic acids is 1. The van der Waals surface area contributed by atoms with Crippen molar-refractivity contribution >= 4 is 17.8 Å². The standard InChI is InChI=1S/C21H24FN3O3/c1-2-28-18-6-3-16(4-7-18)14-21(26)24-23-15-17-5-8-20(19(22)13-17)25-9-11-27-12-10-25/h3-8,13,15H,2,9-12,14H2,1H3,(H,24,26)/b23-15-. The summed E-state index contributed by atoms with van der Waals surface area (Å²) in [4.78, 5) is 13.9. The van der Waals surface area contributed by atoms with Gasteiger partial charge in [0.25, 0.3) is 0 Å². The molecule has 0 saturated carbocycles. The molecule has 0 aromatic heterocycles. The molecule has 3 rings (SSSR count). The molecule has 1 fully saturated rings. The number of benzene rings is 2. The summed E-state index contributed by atoms with van der Waals surface area (Å²) in [7, 11) is 0. The van der Waals surface area contributed by atoms with E-state index in [9.17, 15) is 9.18 Å². The second kappa shape index (κ2) is 9.85. The molecule has 1 saturated heterocycles. The predicted molar refractivity (Wildman–Crippen MR) is 106 cm³/mol. The number of hydrogen-bond acceptors (Lipinski definition) is 5. The minimum Gasteiger partial charge on any atom is -0.494 e. The molecule has 2 aromatic carbocycles. The highest BCUT2D eigenvalue weighted by Gasteiger charge is 2.15. The summed E-state index contributed by atoms with van der Waals surface area (Å²) >= 11 is 0. The smallest absolute Gasteiger partial charge is 0.244 e. The lowest BCUT2D eigenvalue weighted by molar-refractivity contribution is -0.120. The van der Waals surface area contributed by atoms with Crippen LogP contribution in [0.4, 0.5) is 10.1 Å². The summed E-state index contributed by atoms with van der Waals surface area (Å²) in [6.45, 7) is 5.06. The Balaban J connectivity index is 1.52. The van der Waals surface area contributed by atoms with Crippen LogP contribution in [0.25, 0.3) is 0 Å². The highest BCUT2D eigenvalue weighted by molar-refractivity contribution is 5.83. The zero-order valence-corrected chi connectivity index (χ0v) is 15.9. The molecule has 0 unspecified atom stereocenters. The van der Waals surface area contributed by atoms with Crippen LogP contribution in [0.5, 0.6) is 5.75 Å². The third-order valence-corrected chi connectivity index (χ3v) is 4.33. The number of nitrogens with zero attached hydrogens (tertiary/aromatic N) is 2. The van der Waals surface area contributed by atoms with Crippen LogP contribution in [-0.4, -0.2) is 45.0 Å². The van der Waals surface area contributed by atoms with Gasteiger partial charge in [-0.1, -0.05) is 18.2 Å². The van der Waals surface area contributed by atoms with Gasteiger partial charge in [-0.3, -0.25) is 4.79 Å². The average molecular weight is 385 g/mol. The van der Waals surface area contributed by atoms with E-state index in [1.807, 2.05) is 36.1 Å². The molecule has 1 N–H and O–H groups in total. The second-order valence-electron chi connectivity index (χ2n) is 6.36. The number of rotatable bonds is 7. The molecule has 1 aliphatic heterocycles. The summed E-state index contributed by atoms with van der Waals surface area (Å²) < 4.78 is 25.0. The first-order chi connectivity index (χ1) is 13.7. The lowest BCUT2D eigenvalue weighted by Gasteiger charge is -2.29. The van der Waals surface area contributed by atoms with E-state index in [1.54, 1.807) is 12.1 Å². The van der Waals surface area contributed by atoms with Crippen molar-refractivity contribution in [2.24, 2.45) is 5.10 Å². The number of ether oxygens (including phenoxy) is 2. The van der Waals surface area contributed by atoms with Gasteiger partial charge in [-0.25, -0.2) is 9.82 Å². The number of anilines is 1. The number of morpholine rings is 1. The summed E-state index contributed by atoms with van der Waals surface area (Å²) in [6, 6.07) is 12.2. The lowest BCUT2D eigenvalue weighted by atomic mass is 10.1. The first-order valence-corrected chi connectivity index (χ1v) is 9.31. The largest absolute Gasteiger partial charge is 0.494 e.